The number of piperazine rings is 1. The third-order valence-corrected chi connectivity index (χ3v) is 5.17. The van der Waals surface area contributed by atoms with Crippen LogP contribution in [0.4, 0.5) is 10.3 Å². The molecular formula is C14H16ClFN4O2S. The van der Waals surface area contributed by atoms with Crippen molar-refractivity contribution in [1.82, 2.24) is 15.3 Å². The Labute approximate surface area is 140 Å². The van der Waals surface area contributed by atoms with Gasteiger partial charge in [0.25, 0.3) is 0 Å². The van der Waals surface area contributed by atoms with Crippen LogP contribution < -0.4 is 10.2 Å². The standard InChI is InChI=1S/C14H15FN4O2S.ClH/c15-11-1-3-12(4-2-11)22(20,21)13-9-17-14(18-10-13)19-7-5-16-6-8-19;/h1-4,9-10,16H,5-8H2;1H. The van der Waals surface area contributed by atoms with Gasteiger partial charge in [-0.2, -0.15) is 0 Å². The highest BCUT2D eigenvalue weighted by Gasteiger charge is 2.20. The van der Waals surface area contributed by atoms with Crippen LogP contribution in [0.2, 0.25) is 0 Å². The molecule has 23 heavy (non-hydrogen) atoms. The zero-order chi connectivity index (χ0) is 15.6. The highest BCUT2D eigenvalue weighted by atomic mass is 35.5. The molecule has 3 rings (SSSR count). The van der Waals surface area contributed by atoms with E-state index in [1.54, 1.807) is 0 Å². The predicted octanol–water partition coefficient (Wildman–Crippen LogP) is 1.28. The molecule has 9 heteroatoms. The van der Waals surface area contributed by atoms with E-state index in [2.05, 4.69) is 15.3 Å². The molecule has 0 saturated carbocycles. The molecule has 0 aliphatic carbocycles. The molecular weight excluding hydrogens is 343 g/mol. The molecule has 1 aromatic heterocycles. The molecule has 1 N–H and O–H groups in total. The van der Waals surface area contributed by atoms with Gasteiger partial charge in [0.1, 0.15) is 10.7 Å². The van der Waals surface area contributed by atoms with Gasteiger partial charge in [-0.25, -0.2) is 22.8 Å². The number of anilines is 1. The van der Waals surface area contributed by atoms with E-state index in [9.17, 15) is 12.8 Å². The minimum Gasteiger partial charge on any atom is -0.338 e. The van der Waals surface area contributed by atoms with Gasteiger partial charge in [-0.1, -0.05) is 0 Å². The van der Waals surface area contributed by atoms with Crippen molar-refractivity contribution >= 4 is 28.2 Å². The number of hydrogen-bond acceptors (Lipinski definition) is 6. The summed E-state index contributed by atoms with van der Waals surface area (Å²) in [6, 6.07) is 4.69. The molecule has 1 fully saturated rings. The number of sulfone groups is 1. The van der Waals surface area contributed by atoms with Crippen molar-refractivity contribution in [3.05, 3.63) is 42.5 Å². The molecule has 1 aliphatic rings. The first-order valence-electron chi connectivity index (χ1n) is 6.86. The Morgan fingerprint density at radius 3 is 2.13 bits per heavy atom. The van der Waals surface area contributed by atoms with Crippen LogP contribution in [0.3, 0.4) is 0 Å². The molecule has 1 aliphatic heterocycles. The smallest absolute Gasteiger partial charge is 0.225 e. The van der Waals surface area contributed by atoms with E-state index in [0.29, 0.717) is 5.95 Å². The number of benzene rings is 1. The fraction of sp³-hybridized carbons (Fsp3) is 0.286. The highest BCUT2D eigenvalue weighted by molar-refractivity contribution is 7.91. The van der Waals surface area contributed by atoms with Crippen LogP contribution in [-0.4, -0.2) is 44.6 Å². The molecule has 6 nitrogen and oxygen atoms in total. The number of aromatic nitrogens is 2. The lowest BCUT2D eigenvalue weighted by Crippen LogP contribution is -2.44. The normalized spacial score (nSPS) is 15.1. The third-order valence-electron chi connectivity index (χ3n) is 3.45. The van der Waals surface area contributed by atoms with Crippen molar-refractivity contribution in [2.45, 2.75) is 9.79 Å². The average molecular weight is 359 g/mol. The van der Waals surface area contributed by atoms with Gasteiger partial charge >= 0.3 is 0 Å². The fourth-order valence-corrected chi connectivity index (χ4v) is 3.38. The van der Waals surface area contributed by atoms with E-state index in [0.717, 1.165) is 38.3 Å². The van der Waals surface area contributed by atoms with Gasteiger partial charge in [0, 0.05) is 26.2 Å². The maximum atomic E-state index is 12.9. The molecule has 0 radical (unpaired) electrons. The van der Waals surface area contributed by atoms with Crippen molar-refractivity contribution in [3.63, 3.8) is 0 Å². The topological polar surface area (TPSA) is 75.2 Å². The first-order chi connectivity index (χ1) is 10.6. The van der Waals surface area contributed by atoms with Crippen LogP contribution >= 0.6 is 12.4 Å². The first-order valence-corrected chi connectivity index (χ1v) is 8.34. The van der Waals surface area contributed by atoms with Crippen molar-refractivity contribution < 1.29 is 12.8 Å². The van der Waals surface area contributed by atoms with Gasteiger partial charge in [-0.15, -0.1) is 12.4 Å². The predicted molar refractivity (Wildman–Crippen MR) is 86.2 cm³/mol. The molecule has 0 spiro atoms. The minimum atomic E-state index is -3.73. The largest absolute Gasteiger partial charge is 0.338 e. The van der Waals surface area contributed by atoms with Gasteiger partial charge in [0.15, 0.2) is 0 Å². The lowest BCUT2D eigenvalue weighted by atomic mass is 10.4. The summed E-state index contributed by atoms with van der Waals surface area (Å²) in [4.78, 5) is 10.3. The molecule has 2 heterocycles. The van der Waals surface area contributed by atoms with E-state index in [4.69, 9.17) is 0 Å². The quantitative estimate of drug-likeness (QED) is 0.833. The second-order valence-corrected chi connectivity index (χ2v) is 6.86. The number of nitrogens with one attached hydrogen (secondary N) is 1. The molecule has 0 bridgehead atoms. The van der Waals surface area contributed by atoms with Crippen LogP contribution in [0, 0.1) is 5.82 Å². The Bertz CT molecular complexity index is 747. The maximum absolute atomic E-state index is 12.9. The third kappa shape index (κ3) is 3.77. The summed E-state index contributed by atoms with van der Waals surface area (Å²) >= 11 is 0. The summed E-state index contributed by atoms with van der Waals surface area (Å²) in [5.41, 5.74) is 0. The van der Waals surface area contributed by atoms with Gasteiger partial charge in [-0.3, -0.25) is 0 Å². The Balaban J connectivity index is 0.00000192. The SMILES string of the molecule is Cl.O=S(=O)(c1ccc(F)cc1)c1cnc(N2CCNCC2)nc1. The van der Waals surface area contributed by atoms with E-state index in [1.165, 1.54) is 24.5 Å². The second-order valence-electron chi connectivity index (χ2n) is 4.91. The summed E-state index contributed by atoms with van der Waals surface area (Å²) in [6.45, 7) is 3.26. The molecule has 1 aromatic carbocycles. The monoisotopic (exact) mass is 358 g/mol. The number of rotatable bonds is 3. The lowest BCUT2D eigenvalue weighted by molar-refractivity contribution is 0.577. The number of halogens is 2. The average Bonchev–Trinajstić information content (AvgIpc) is 2.56. The van der Waals surface area contributed by atoms with Crippen LogP contribution in [0.5, 0.6) is 0 Å². The molecule has 1 saturated heterocycles. The zero-order valence-electron chi connectivity index (χ0n) is 12.1. The summed E-state index contributed by atoms with van der Waals surface area (Å²) in [6.07, 6.45) is 2.59. The number of nitrogens with zero attached hydrogens (tertiary/aromatic N) is 3. The van der Waals surface area contributed by atoms with E-state index >= 15 is 0 Å². The van der Waals surface area contributed by atoms with Crippen LogP contribution in [0.1, 0.15) is 0 Å². The van der Waals surface area contributed by atoms with Crippen LogP contribution in [-0.2, 0) is 9.84 Å². The summed E-state index contributed by atoms with van der Waals surface area (Å²) < 4.78 is 37.7. The lowest BCUT2D eigenvalue weighted by Gasteiger charge is -2.27. The minimum absolute atomic E-state index is 0. The molecule has 0 amide bonds. The molecule has 0 unspecified atom stereocenters. The first kappa shape index (κ1) is 17.6. The van der Waals surface area contributed by atoms with E-state index in [-0.39, 0.29) is 22.2 Å². The highest BCUT2D eigenvalue weighted by Crippen LogP contribution is 2.20. The Morgan fingerprint density at radius 2 is 1.57 bits per heavy atom. The molecule has 124 valence electrons. The second kappa shape index (κ2) is 7.20. The van der Waals surface area contributed by atoms with E-state index in [1.807, 2.05) is 4.90 Å². The zero-order valence-corrected chi connectivity index (χ0v) is 13.8. The Hall–Kier alpha value is -1.77. The summed E-state index contributed by atoms with van der Waals surface area (Å²) in [5, 5.41) is 3.22. The van der Waals surface area contributed by atoms with Crippen LogP contribution in [0.15, 0.2) is 46.5 Å². The summed E-state index contributed by atoms with van der Waals surface area (Å²) in [7, 11) is -3.73. The fourth-order valence-electron chi connectivity index (χ4n) is 2.23. The van der Waals surface area contributed by atoms with Gasteiger partial charge in [-0.05, 0) is 24.3 Å². The van der Waals surface area contributed by atoms with Crippen molar-refractivity contribution in [2.75, 3.05) is 31.1 Å². The van der Waals surface area contributed by atoms with Crippen molar-refractivity contribution in [1.29, 1.82) is 0 Å². The van der Waals surface area contributed by atoms with Gasteiger partial charge in [0.05, 0.1) is 17.3 Å². The van der Waals surface area contributed by atoms with Crippen molar-refractivity contribution in [3.8, 4) is 0 Å². The molecule has 2 aromatic rings. The Kier molecular flexibility index (Phi) is 5.51. The van der Waals surface area contributed by atoms with Gasteiger partial charge < -0.3 is 10.2 Å². The van der Waals surface area contributed by atoms with E-state index < -0.39 is 15.7 Å². The molecule has 0 atom stereocenters. The Morgan fingerprint density at radius 1 is 1.00 bits per heavy atom. The maximum Gasteiger partial charge on any atom is 0.225 e. The van der Waals surface area contributed by atoms with Crippen LogP contribution in [0.25, 0.3) is 0 Å². The summed E-state index contributed by atoms with van der Waals surface area (Å²) in [5.74, 6) is 0.0313. The van der Waals surface area contributed by atoms with Gasteiger partial charge in [0.2, 0.25) is 15.8 Å². The number of hydrogen-bond donors (Lipinski definition) is 1. The van der Waals surface area contributed by atoms with Crippen molar-refractivity contribution in [2.24, 2.45) is 0 Å².